The Balaban J connectivity index is 1.24. The van der Waals surface area contributed by atoms with Crippen molar-refractivity contribution in [2.75, 3.05) is 45.8 Å². The van der Waals surface area contributed by atoms with Gasteiger partial charge >= 0.3 is 0 Å². The summed E-state index contributed by atoms with van der Waals surface area (Å²) < 4.78 is 0. The van der Waals surface area contributed by atoms with Crippen LogP contribution >= 0.6 is 0 Å². The van der Waals surface area contributed by atoms with Crippen LogP contribution in [0.4, 0.5) is 0 Å². The minimum absolute atomic E-state index is 0.140. The number of piperazine rings is 1. The minimum atomic E-state index is 0.140. The fourth-order valence-electron chi connectivity index (χ4n) is 4.56. The minimum Gasteiger partial charge on any atom is -0.342 e. The number of carbonyl (C=O) groups excluding carboxylic acids is 2. The van der Waals surface area contributed by atoms with Crippen molar-refractivity contribution < 1.29 is 9.59 Å². The van der Waals surface area contributed by atoms with Crippen molar-refractivity contribution >= 4 is 11.8 Å². The maximum atomic E-state index is 12.8. The Morgan fingerprint density at radius 1 is 0.897 bits per heavy atom. The number of likely N-dealkylation sites (tertiary alicyclic amines) is 1. The molecular formula is C24H33N3O2. The first-order chi connectivity index (χ1) is 14.1. The van der Waals surface area contributed by atoms with Crippen LogP contribution in [0.25, 0.3) is 0 Å². The van der Waals surface area contributed by atoms with Crippen LogP contribution in [0.1, 0.15) is 41.6 Å². The molecule has 2 amide bonds. The van der Waals surface area contributed by atoms with Crippen LogP contribution in [0.3, 0.4) is 0 Å². The van der Waals surface area contributed by atoms with Gasteiger partial charge in [-0.15, -0.1) is 6.58 Å². The van der Waals surface area contributed by atoms with E-state index in [1.165, 1.54) is 5.56 Å². The van der Waals surface area contributed by atoms with Gasteiger partial charge in [0.1, 0.15) is 0 Å². The molecule has 1 aromatic rings. The number of amides is 2. The summed E-state index contributed by atoms with van der Waals surface area (Å²) in [5.74, 6) is 1.50. The van der Waals surface area contributed by atoms with E-state index in [2.05, 4.69) is 28.5 Å². The summed E-state index contributed by atoms with van der Waals surface area (Å²) in [7, 11) is 0. The van der Waals surface area contributed by atoms with Crippen LogP contribution in [0.5, 0.6) is 0 Å². The third-order valence-electron chi connectivity index (χ3n) is 6.62. The second-order valence-corrected chi connectivity index (χ2v) is 8.83. The number of nitrogens with zero attached hydrogens (tertiary/aromatic N) is 3. The van der Waals surface area contributed by atoms with E-state index in [9.17, 15) is 9.59 Å². The molecule has 3 aliphatic rings. The van der Waals surface area contributed by atoms with Gasteiger partial charge in [-0.3, -0.25) is 14.5 Å². The van der Waals surface area contributed by atoms with Crippen LogP contribution < -0.4 is 0 Å². The Morgan fingerprint density at radius 2 is 1.55 bits per heavy atom. The SMILES string of the molecule is C=CCN1CCN(C(=O)c2ccc(CC3CCN(C(=O)C4CC4)CC3)cc2)CC1. The van der Waals surface area contributed by atoms with E-state index < -0.39 is 0 Å². The highest BCUT2D eigenvalue weighted by atomic mass is 16.2. The third kappa shape index (κ3) is 5.08. The van der Waals surface area contributed by atoms with Crippen LogP contribution in [0.2, 0.25) is 0 Å². The summed E-state index contributed by atoms with van der Waals surface area (Å²) in [5, 5.41) is 0. The lowest BCUT2D eigenvalue weighted by atomic mass is 9.89. The molecule has 29 heavy (non-hydrogen) atoms. The molecule has 0 atom stereocenters. The Morgan fingerprint density at radius 3 is 2.14 bits per heavy atom. The van der Waals surface area contributed by atoms with Crippen molar-refractivity contribution in [3.05, 3.63) is 48.0 Å². The molecule has 1 aromatic carbocycles. The molecule has 2 saturated heterocycles. The summed E-state index contributed by atoms with van der Waals surface area (Å²) in [5.41, 5.74) is 2.08. The number of benzene rings is 1. The number of hydrogen-bond donors (Lipinski definition) is 0. The van der Waals surface area contributed by atoms with Crippen molar-refractivity contribution in [1.82, 2.24) is 14.7 Å². The lowest BCUT2D eigenvalue weighted by Gasteiger charge is -2.34. The molecule has 1 aliphatic carbocycles. The second-order valence-electron chi connectivity index (χ2n) is 8.83. The van der Waals surface area contributed by atoms with Crippen molar-refractivity contribution in [1.29, 1.82) is 0 Å². The van der Waals surface area contributed by atoms with E-state index in [0.29, 0.717) is 17.7 Å². The number of hydrogen-bond acceptors (Lipinski definition) is 3. The third-order valence-corrected chi connectivity index (χ3v) is 6.62. The van der Waals surface area contributed by atoms with E-state index in [1.54, 1.807) is 0 Å². The van der Waals surface area contributed by atoms with Crippen molar-refractivity contribution in [3.8, 4) is 0 Å². The molecule has 0 unspecified atom stereocenters. The Hall–Kier alpha value is -2.14. The van der Waals surface area contributed by atoms with Gasteiger partial charge in [0.05, 0.1) is 0 Å². The van der Waals surface area contributed by atoms with E-state index in [1.807, 2.05) is 23.1 Å². The van der Waals surface area contributed by atoms with Crippen molar-refractivity contribution in [2.24, 2.45) is 11.8 Å². The van der Waals surface area contributed by atoms with Crippen molar-refractivity contribution in [2.45, 2.75) is 32.1 Å². The summed E-state index contributed by atoms with van der Waals surface area (Å²) in [6.45, 7) is 9.90. The maximum absolute atomic E-state index is 12.8. The fraction of sp³-hybridized carbons (Fsp3) is 0.583. The Bertz CT molecular complexity index is 725. The molecule has 2 heterocycles. The zero-order chi connectivity index (χ0) is 20.2. The van der Waals surface area contributed by atoms with Gasteiger partial charge in [0, 0.05) is 57.3 Å². The smallest absolute Gasteiger partial charge is 0.253 e. The van der Waals surface area contributed by atoms with Gasteiger partial charge < -0.3 is 9.80 Å². The van der Waals surface area contributed by atoms with E-state index in [-0.39, 0.29) is 5.91 Å². The normalized spacial score (nSPS) is 21.2. The zero-order valence-corrected chi connectivity index (χ0v) is 17.4. The molecule has 0 N–H and O–H groups in total. The topological polar surface area (TPSA) is 43.9 Å². The fourth-order valence-corrected chi connectivity index (χ4v) is 4.56. The molecule has 4 rings (SSSR count). The van der Waals surface area contributed by atoms with E-state index in [0.717, 1.165) is 83.5 Å². The van der Waals surface area contributed by atoms with Gasteiger partial charge in [-0.25, -0.2) is 0 Å². The first-order valence-electron chi connectivity index (χ1n) is 11.1. The molecule has 0 radical (unpaired) electrons. The summed E-state index contributed by atoms with van der Waals surface area (Å²) in [6.07, 6.45) is 7.33. The molecule has 2 aliphatic heterocycles. The molecule has 0 aromatic heterocycles. The highest BCUT2D eigenvalue weighted by molar-refractivity contribution is 5.94. The molecule has 3 fully saturated rings. The van der Waals surface area contributed by atoms with E-state index in [4.69, 9.17) is 0 Å². The van der Waals surface area contributed by atoms with Gasteiger partial charge in [-0.1, -0.05) is 18.2 Å². The van der Waals surface area contributed by atoms with Gasteiger partial charge in [0.2, 0.25) is 5.91 Å². The molecule has 0 bridgehead atoms. The lowest BCUT2D eigenvalue weighted by molar-refractivity contribution is -0.133. The zero-order valence-electron chi connectivity index (χ0n) is 17.4. The number of rotatable bonds is 6. The maximum Gasteiger partial charge on any atom is 0.253 e. The Kier molecular flexibility index (Phi) is 6.34. The highest BCUT2D eigenvalue weighted by Gasteiger charge is 2.34. The van der Waals surface area contributed by atoms with Gasteiger partial charge in [-0.2, -0.15) is 0 Å². The van der Waals surface area contributed by atoms with Gasteiger partial charge in [-0.05, 0) is 55.7 Å². The molecule has 5 nitrogen and oxygen atoms in total. The van der Waals surface area contributed by atoms with Crippen LogP contribution in [-0.2, 0) is 11.2 Å². The summed E-state index contributed by atoms with van der Waals surface area (Å²) in [4.78, 5) is 31.3. The predicted octanol–water partition coefficient (Wildman–Crippen LogP) is 2.82. The Labute approximate surface area is 174 Å². The van der Waals surface area contributed by atoms with Crippen LogP contribution in [-0.4, -0.2) is 72.3 Å². The monoisotopic (exact) mass is 395 g/mol. The van der Waals surface area contributed by atoms with Crippen molar-refractivity contribution in [3.63, 3.8) is 0 Å². The molecule has 1 saturated carbocycles. The molecular weight excluding hydrogens is 362 g/mol. The predicted molar refractivity (Wildman–Crippen MR) is 115 cm³/mol. The van der Waals surface area contributed by atoms with E-state index >= 15 is 0 Å². The first-order valence-corrected chi connectivity index (χ1v) is 11.1. The summed E-state index contributed by atoms with van der Waals surface area (Å²) >= 11 is 0. The average molecular weight is 396 g/mol. The molecule has 5 heteroatoms. The first kappa shape index (κ1) is 20.1. The standard InChI is InChI=1S/C24H33N3O2/c1-2-11-25-14-16-27(17-15-25)24(29)21-5-3-19(4-6-21)18-20-9-12-26(13-10-20)23(28)22-7-8-22/h2-6,20,22H,1,7-18H2. The quantitative estimate of drug-likeness (QED) is 0.696. The van der Waals surface area contributed by atoms with Gasteiger partial charge in [0.15, 0.2) is 0 Å². The van der Waals surface area contributed by atoms with Crippen LogP contribution in [0, 0.1) is 11.8 Å². The number of carbonyl (C=O) groups is 2. The van der Waals surface area contributed by atoms with Gasteiger partial charge in [0.25, 0.3) is 5.91 Å². The average Bonchev–Trinajstić information content (AvgIpc) is 3.60. The summed E-state index contributed by atoms with van der Waals surface area (Å²) in [6, 6.07) is 8.20. The number of piperidine rings is 1. The lowest BCUT2D eigenvalue weighted by Crippen LogP contribution is -2.48. The second kappa shape index (κ2) is 9.12. The molecule has 0 spiro atoms. The highest BCUT2D eigenvalue weighted by Crippen LogP contribution is 2.33. The molecule has 156 valence electrons. The van der Waals surface area contributed by atoms with Crippen LogP contribution in [0.15, 0.2) is 36.9 Å². The largest absolute Gasteiger partial charge is 0.342 e.